The number of rotatable bonds is 3. The van der Waals surface area contributed by atoms with Gasteiger partial charge < -0.3 is 15.4 Å². The molecular formula is C12H16FN3O2. The molecule has 1 aromatic rings. The van der Waals surface area contributed by atoms with Crippen LogP contribution in [0.15, 0.2) is 18.2 Å². The van der Waals surface area contributed by atoms with E-state index in [-0.39, 0.29) is 5.56 Å². The molecule has 18 heavy (non-hydrogen) atoms. The third kappa shape index (κ3) is 2.96. The van der Waals surface area contributed by atoms with Gasteiger partial charge in [0.15, 0.2) is 0 Å². The van der Waals surface area contributed by atoms with Gasteiger partial charge in [0, 0.05) is 26.2 Å². The van der Waals surface area contributed by atoms with Gasteiger partial charge in [0.1, 0.15) is 5.82 Å². The molecule has 0 radical (unpaired) electrons. The average Bonchev–Trinajstić information content (AvgIpc) is 2.32. The van der Waals surface area contributed by atoms with Crippen LogP contribution in [0.2, 0.25) is 0 Å². The van der Waals surface area contributed by atoms with Crippen molar-refractivity contribution in [1.82, 2.24) is 9.91 Å². The minimum absolute atomic E-state index is 0.307. The number of halogens is 1. The van der Waals surface area contributed by atoms with Crippen LogP contribution in [-0.4, -0.2) is 54.2 Å². The Morgan fingerprint density at radius 3 is 2.56 bits per heavy atom. The Kier molecular flexibility index (Phi) is 3.78. The van der Waals surface area contributed by atoms with Crippen molar-refractivity contribution in [1.29, 1.82) is 0 Å². The fourth-order valence-corrected chi connectivity index (χ4v) is 1.86. The number of carboxylic acids is 1. The van der Waals surface area contributed by atoms with E-state index in [1.54, 1.807) is 6.07 Å². The predicted molar refractivity (Wildman–Crippen MR) is 66.1 cm³/mol. The molecule has 0 atom stereocenters. The van der Waals surface area contributed by atoms with Gasteiger partial charge >= 0.3 is 5.97 Å². The molecule has 0 aliphatic carbocycles. The number of likely N-dealkylation sites (N-methyl/N-ethyl adjacent to an activating group) is 1. The summed E-state index contributed by atoms with van der Waals surface area (Å²) in [5, 5.41) is 10.7. The number of nitrogens with zero attached hydrogens (tertiary/aromatic N) is 2. The summed E-state index contributed by atoms with van der Waals surface area (Å²) in [6.07, 6.45) is 0. The smallest absolute Gasteiger partial charge is 0.338 e. The lowest BCUT2D eigenvalue weighted by Crippen LogP contribution is -2.46. The molecule has 1 heterocycles. The van der Waals surface area contributed by atoms with Crippen LogP contribution >= 0.6 is 0 Å². The van der Waals surface area contributed by atoms with Crippen molar-refractivity contribution in [2.75, 3.05) is 38.7 Å². The summed E-state index contributed by atoms with van der Waals surface area (Å²) >= 11 is 0. The largest absolute Gasteiger partial charge is 0.478 e. The van der Waals surface area contributed by atoms with E-state index in [4.69, 9.17) is 5.11 Å². The summed E-state index contributed by atoms with van der Waals surface area (Å²) in [5.74, 6) is -1.97. The number of hydrazine groups is 1. The number of hydrogen-bond donors (Lipinski definition) is 2. The maximum atomic E-state index is 13.5. The van der Waals surface area contributed by atoms with E-state index in [1.165, 1.54) is 12.1 Å². The zero-order chi connectivity index (χ0) is 13.1. The third-order valence-corrected chi connectivity index (χ3v) is 2.99. The van der Waals surface area contributed by atoms with E-state index < -0.39 is 11.8 Å². The first-order chi connectivity index (χ1) is 8.56. The second-order valence-corrected chi connectivity index (χ2v) is 4.40. The first-order valence-corrected chi connectivity index (χ1v) is 5.79. The van der Waals surface area contributed by atoms with Crippen molar-refractivity contribution in [2.45, 2.75) is 0 Å². The quantitative estimate of drug-likeness (QED) is 0.844. The van der Waals surface area contributed by atoms with Gasteiger partial charge in [-0.2, -0.15) is 0 Å². The second-order valence-electron chi connectivity index (χ2n) is 4.40. The highest BCUT2D eigenvalue weighted by atomic mass is 19.1. The normalized spacial score (nSPS) is 17.7. The monoisotopic (exact) mass is 253 g/mol. The topological polar surface area (TPSA) is 55.8 Å². The van der Waals surface area contributed by atoms with Gasteiger partial charge in [-0.1, -0.05) is 0 Å². The van der Waals surface area contributed by atoms with E-state index in [0.29, 0.717) is 5.69 Å². The Balaban J connectivity index is 2.02. The van der Waals surface area contributed by atoms with Crippen LogP contribution in [0, 0.1) is 5.82 Å². The Hall–Kier alpha value is -1.66. The van der Waals surface area contributed by atoms with Crippen molar-refractivity contribution < 1.29 is 14.3 Å². The molecule has 1 saturated heterocycles. The molecule has 0 spiro atoms. The molecule has 1 aromatic carbocycles. The summed E-state index contributed by atoms with van der Waals surface area (Å²) in [6, 6.07) is 4.06. The van der Waals surface area contributed by atoms with Crippen LogP contribution in [0.25, 0.3) is 0 Å². The fourth-order valence-electron chi connectivity index (χ4n) is 1.86. The maximum Gasteiger partial charge on any atom is 0.338 e. The molecular weight excluding hydrogens is 237 g/mol. The number of piperazine rings is 1. The van der Waals surface area contributed by atoms with Crippen molar-refractivity contribution in [3.8, 4) is 0 Å². The summed E-state index contributed by atoms with van der Waals surface area (Å²) in [7, 11) is 2.05. The van der Waals surface area contributed by atoms with Gasteiger partial charge in [-0.25, -0.2) is 14.2 Å². The van der Waals surface area contributed by atoms with Gasteiger partial charge in [0.2, 0.25) is 0 Å². The van der Waals surface area contributed by atoms with Crippen molar-refractivity contribution in [3.63, 3.8) is 0 Å². The van der Waals surface area contributed by atoms with Crippen LogP contribution in [0.5, 0.6) is 0 Å². The van der Waals surface area contributed by atoms with E-state index in [1.807, 2.05) is 5.01 Å². The molecule has 1 aliphatic heterocycles. The van der Waals surface area contributed by atoms with Crippen LogP contribution in [-0.2, 0) is 0 Å². The summed E-state index contributed by atoms with van der Waals surface area (Å²) < 4.78 is 13.5. The standard InChI is InChI=1S/C12H16FN3O2/c1-15-4-6-16(7-5-15)14-9-2-3-10(12(17)18)11(13)8-9/h2-3,8,14H,4-7H2,1H3,(H,17,18). The first kappa shape index (κ1) is 12.8. The molecule has 1 fully saturated rings. The molecule has 2 rings (SSSR count). The van der Waals surface area contributed by atoms with E-state index in [0.717, 1.165) is 26.2 Å². The Morgan fingerprint density at radius 1 is 1.33 bits per heavy atom. The summed E-state index contributed by atoms with van der Waals surface area (Å²) in [5.41, 5.74) is 3.35. The zero-order valence-corrected chi connectivity index (χ0v) is 10.2. The van der Waals surface area contributed by atoms with E-state index in [9.17, 15) is 9.18 Å². The average molecular weight is 253 g/mol. The molecule has 0 unspecified atom stereocenters. The van der Waals surface area contributed by atoms with E-state index in [2.05, 4.69) is 17.4 Å². The lowest BCUT2D eigenvalue weighted by Gasteiger charge is -2.33. The lowest BCUT2D eigenvalue weighted by molar-refractivity contribution is 0.0692. The number of aromatic carboxylic acids is 1. The van der Waals surface area contributed by atoms with Crippen LogP contribution < -0.4 is 5.43 Å². The number of nitrogens with one attached hydrogen (secondary N) is 1. The fraction of sp³-hybridized carbons (Fsp3) is 0.417. The lowest BCUT2D eigenvalue weighted by atomic mass is 10.2. The Bertz CT molecular complexity index is 445. The number of hydrogen-bond acceptors (Lipinski definition) is 4. The minimum atomic E-state index is -1.25. The highest BCUT2D eigenvalue weighted by Gasteiger charge is 2.15. The zero-order valence-electron chi connectivity index (χ0n) is 10.2. The van der Waals surface area contributed by atoms with Crippen LogP contribution in [0.1, 0.15) is 10.4 Å². The number of carbonyl (C=O) groups is 1. The highest BCUT2D eigenvalue weighted by Crippen LogP contribution is 2.15. The SMILES string of the molecule is CN1CCN(Nc2ccc(C(=O)O)c(F)c2)CC1. The third-order valence-electron chi connectivity index (χ3n) is 2.99. The number of carboxylic acid groups (broad SMARTS) is 1. The van der Waals surface area contributed by atoms with Crippen LogP contribution in [0.3, 0.4) is 0 Å². The highest BCUT2D eigenvalue weighted by molar-refractivity contribution is 5.88. The van der Waals surface area contributed by atoms with Crippen molar-refractivity contribution in [3.05, 3.63) is 29.6 Å². The summed E-state index contributed by atoms with van der Waals surface area (Å²) in [4.78, 5) is 12.9. The molecule has 98 valence electrons. The molecule has 0 saturated carbocycles. The van der Waals surface area contributed by atoms with Crippen molar-refractivity contribution in [2.24, 2.45) is 0 Å². The molecule has 6 heteroatoms. The first-order valence-electron chi connectivity index (χ1n) is 5.79. The molecule has 1 aliphatic rings. The predicted octanol–water partition coefficient (Wildman–Crippen LogP) is 1.10. The Labute approximate surface area is 105 Å². The molecule has 0 amide bonds. The van der Waals surface area contributed by atoms with Gasteiger partial charge in [0.05, 0.1) is 11.3 Å². The number of anilines is 1. The van der Waals surface area contributed by atoms with E-state index >= 15 is 0 Å². The van der Waals surface area contributed by atoms with Crippen LogP contribution in [0.4, 0.5) is 10.1 Å². The minimum Gasteiger partial charge on any atom is -0.478 e. The molecule has 0 bridgehead atoms. The second kappa shape index (κ2) is 5.32. The van der Waals surface area contributed by atoms with Crippen molar-refractivity contribution >= 4 is 11.7 Å². The van der Waals surface area contributed by atoms with Gasteiger partial charge in [0.25, 0.3) is 0 Å². The van der Waals surface area contributed by atoms with Gasteiger partial charge in [-0.15, -0.1) is 0 Å². The number of benzene rings is 1. The molecule has 5 nitrogen and oxygen atoms in total. The molecule has 2 N–H and O–H groups in total. The molecule has 0 aromatic heterocycles. The maximum absolute atomic E-state index is 13.5. The summed E-state index contributed by atoms with van der Waals surface area (Å²) in [6.45, 7) is 3.59. The van der Waals surface area contributed by atoms with Gasteiger partial charge in [-0.3, -0.25) is 0 Å². The Morgan fingerprint density at radius 2 is 2.00 bits per heavy atom. The van der Waals surface area contributed by atoms with Gasteiger partial charge in [-0.05, 0) is 25.2 Å².